The van der Waals surface area contributed by atoms with Crippen LogP contribution in [0.3, 0.4) is 0 Å². The predicted octanol–water partition coefficient (Wildman–Crippen LogP) is 1.53. The summed E-state index contributed by atoms with van der Waals surface area (Å²) in [4.78, 5) is 17.4. The first kappa shape index (κ1) is 13.4. The van der Waals surface area contributed by atoms with Crippen LogP contribution in [0.1, 0.15) is 11.3 Å². The summed E-state index contributed by atoms with van der Waals surface area (Å²) < 4.78 is 0. The van der Waals surface area contributed by atoms with E-state index in [0.29, 0.717) is 12.2 Å². The van der Waals surface area contributed by atoms with Gasteiger partial charge in [-0.3, -0.25) is 4.79 Å². The zero-order chi connectivity index (χ0) is 13.8. The van der Waals surface area contributed by atoms with E-state index in [1.807, 2.05) is 41.5 Å². The number of thiazole rings is 1. The lowest BCUT2D eigenvalue weighted by molar-refractivity contribution is -0.116. The maximum absolute atomic E-state index is 11.2. The second-order valence-corrected chi connectivity index (χ2v) is 5.18. The molecule has 1 aromatic carbocycles. The molecule has 1 aromatic heterocycles. The SMILES string of the molecule is Cc1csc(N(CC(N)=O)Cc2cccc(N)c2)n1. The van der Waals surface area contributed by atoms with Gasteiger partial charge in [-0.25, -0.2) is 4.98 Å². The number of benzene rings is 1. The molecule has 0 bridgehead atoms. The minimum Gasteiger partial charge on any atom is -0.399 e. The Morgan fingerprint density at radius 1 is 1.47 bits per heavy atom. The van der Waals surface area contributed by atoms with Crippen molar-refractivity contribution in [1.29, 1.82) is 0 Å². The van der Waals surface area contributed by atoms with E-state index in [0.717, 1.165) is 16.4 Å². The topological polar surface area (TPSA) is 85.2 Å². The number of nitrogen functional groups attached to an aromatic ring is 1. The molecule has 4 N–H and O–H groups in total. The van der Waals surface area contributed by atoms with Gasteiger partial charge in [0.2, 0.25) is 5.91 Å². The molecule has 0 spiro atoms. The predicted molar refractivity (Wildman–Crippen MR) is 77.9 cm³/mol. The largest absolute Gasteiger partial charge is 0.399 e. The zero-order valence-corrected chi connectivity index (χ0v) is 11.5. The van der Waals surface area contributed by atoms with Gasteiger partial charge in [0.1, 0.15) is 0 Å². The molecule has 0 unspecified atom stereocenters. The van der Waals surface area contributed by atoms with Crippen LogP contribution in [0.4, 0.5) is 10.8 Å². The molecule has 0 aliphatic carbocycles. The average Bonchev–Trinajstić information content (AvgIpc) is 2.74. The van der Waals surface area contributed by atoms with E-state index >= 15 is 0 Å². The van der Waals surface area contributed by atoms with Crippen LogP contribution in [-0.4, -0.2) is 17.4 Å². The Balaban J connectivity index is 2.21. The van der Waals surface area contributed by atoms with E-state index in [1.54, 1.807) is 0 Å². The van der Waals surface area contributed by atoms with Crippen molar-refractivity contribution in [3.05, 3.63) is 40.9 Å². The van der Waals surface area contributed by atoms with Gasteiger partial charge in [-0.15, -0.1) is 11.3 Å². The third kappa shape index (κ3) is 3.69. The van der Waals surface area contributed by atoms with E-state index in [9.17, 15) is 4.79 Å². The summed E-state index contributed by atoms with van der Waals surface area (Å²) in [6, 6.07) is 7.56. The van der Waals surface area contributed by atoms with Gasteiger partial charge in [0.05, 0.1) is 12.2 Å². The van der Waals surface area contributed by atoms with Crippen molar-refractivity contribution >= 4 is 28.1 Å². The number of amides is 1. The highest BCUT2D eigenvalue weighted by atomic mass is 32.1. The fourth-order valence-electron chi connectivity index (χ4n) is 1.78. The number of primary amides is 1. The molecular weight excluding hydrogens is 260 g/mol. The van der Waals surface area contributed by atoms with Crippen LogP contribution in [0, 0.1) is 6.92 Å². The number of hydrogen-bond acceptors (Lipinski definition) is 5. The van der Waals surface area contributed by atoms with Crippen LogP contribution in [0.15, 0.2) is 29.6 Å². The smallest absolute Gasteiger partial charge is 0.237 e. The molecular formula is C13H16N4OS. The first-order chi connectivity index (χ1) is 9.04. The lowest BCUT2D eigenvalue weighted by Crippen LogP contribution is -2.33. The van der Waals surface area contributed by atoms with E-state index in [1.165, 1.54) is 11.3 Å². The molecule has 1 amide bonds. The van der Waals surface area contributed by atoms with E-state index in [4.69, 9.17) is 11.5 Å². The van der Waals surface area contributed by atoms with Crippen LogP contribution >= 0.6 is 11.3 Å². The Morgan fingerprint density at radius 3 is 2.84 bits per heavy atom. The Kier molecular flexibility index (Phi) is 4.01. The van der Waals surface area contributed by atoms with Gasteiger partial charge < -0.3 is 16.4 Å². The van der Waals surface area contributed by atoms with E-state index < -0.39 is 0 Å². The third-order valence-corrected chi connectivity index (χ3v) is 3.57. The number of anilines is 2. The Bertz CT molecular complexity index is 582. The number of carbonyl (C=O) groups is 1. The summed E-state index contributed by atoms with van der Waals surface area (Å²) in [5, 5.41) is 2.74. The molecule has 5 nitrogen and oxygen atoms in total. The quantitative estimate of drug-likeness (QED) is 0.811. The van der Waals surface area contributed by atoms with Crippen molar-refractivity contribution in [3.8, 4) is 0 Å². The average molecular weight is 276 g/mol. The normalized spacial score (nSPS) is 10.4. The minimum atomic E-state index is -0.378. The molecule has 0 fully saturated rings. The zero-order valence-electron chi connectivity index (χ0n) is 10.7. The maximum atomic E-state index is 11.2. The van der Waals surface area contributed by atoms with Crippen LogP contribution in [0.5, 0.6) is 0 Å². The summed E-state index contributed by atoms with van der Waals surface area (Å²) >= 11 is 1.50. The fraction of sp³-hybridized carbons (Fsp3) is 0.231. The molecule has 0 atom stereocenters. The molecule has 2 rings (SSSR count). The lowest BCUT2D eigenvalue weighted by atomic mass is 10.2. The minimum absolute atomic E-state index is 0.141. The van der Waals surface area contributed by atoms with Gasteiger partial charge in [0.15, 0.2) is 5.13 Å². The van der Waals surface area contributed by atoms with Gasteiger partial charge in [0.25, 0.3) is 0 Å². The molecule has 1 heterocycles. The van der Waals surface area contributed by atoms with Crippen molar-refractivity contribution in [2.45, 2.75) is 13.5 Å². The summed E-state index contributed by atoms with van der Waals surface area (Å²) in [6.45, 7) is 2.62. The highest BCUT2D eigenvalue weighted by Gasteiger charge is 2.13. The highest BCUT2D eigenvalue weighted by Crippen LogP contribution is 2.22. The summed E-state index contributed by atoms with van der Waals surface area (Å²) in [5.74, 6) is -0.378. The molecule has 0 saturated heterocycles. The van der Waals surface area contributed by atoms with Gasteiger partial charge in [-0.2, -0.15) is 0 Å². The van der Waals surface area contributed by atoms with Crippen molar-refractivity contribution in [1.82, 2.24) is 4.98 Å². The number of nitrogens with zero attached hydrogens (tertiary/aromatic N) is 2. The Labute approximate surface area is 115 Å². The van der Waals surface area contributed by atoms with E-state index in [-0.39, 0.29) is 12.5 Å². The first-order valence-electron chi connectivity index (χ1n) is 5.84. The lowest BCUT2D eigenvalue weighted by Gasteiger charge is -2.20. The summed E-state index contributed by atoms with van der Waals surface area (Å²) in [5.41, 5.74) is 13.7. The third-order valence-electron chi connectivity index (χ3n) is 2.55. The highest BCUT2D eigenvalue weighted by molar-refractivity contribution is 7.13. The van der Waals surface area contributed by atoms with Gasteiger partial charge in [-0.1, -0.05) is 12.1 Å². The molecule has 0 saturated carbocycles. The van der Waals surface area contributed by atoms with Crippen molar-refractivity contribution < 1.29 is 4.79 Å². The van der Waals surface area contributed by atoms with Crippen molar-refractivity contribution in [2.75, 3.05) is 17.2 Å². The first-order valence-corrected chi connectivity index (χ1v) is 6.72. The van der Waals surface area contributed by atoms with Crippen LogP contribution < -0.4 is 16.4 Å². The summed E-state index contributed by atoms with van der Waals surface area (Å²) in [6.07, 6.45) is 0. The number of aromatic nitrogens is 1. The second kappa shape index (κ2) is 5.71. The van der Waals surface area contributed by atoms with Crippen LogP contribution in [0.25, 0.3) is 0 Å². The van der Waals surface area contributed by atoms with Crippen LogP contribution in [0.2, 0.25) is 0 Å². The van der Waals surface area contributed by atoms with Crippen molar-refractivity contribution in [3.63, 3.8) is 0 Å². The molecule has 6 heteroatoms. The number of nitrogens with two attached hydrogens (primary N) is 2. The molecule has 0 aliphatic rings. The number of hydrogen-bond donors (Lipinski definition) is 2. The van der Waals surface area contributed by atoms with Crippen LogP contribution in [-0.2, 0) is 11.3 Å². The van der Waals surface area contributed by atoms with E-state index in [2.05, 4.69) is 4.98 Å². The number of carbonyl (C=O) groups excluding carboxylic acids is 1. The molecule has 0 radical (unpaired) electrons. The van der Waals surface area contributed by atoms with Crippen molar-refractivity contribution in [2.24, 2.45) is 5.73 Å². The Morgan fingerprint density at radius 2 is 2.26 bits per heavy atom. The monoisotopic (exact) mass is 276 g/mol. The number of aryl methyl sites for hydroxylation is 1. The molecule has 19 heavy (non-hydrogen) atoms. The maximum Gasteiger partial charge on any atom is 0.237 e. The standard InChI is InChI=1S/C13H16N4OS/c1-9-8-19-13(16-9)17(7-12(15)18)6-10-3-2-4-11(14)5-10/h2-5,8H,6-7,14H2,1H3,(H2,15,18). The fourth-order valence-corrected chi connectivity index (χ4v) is 2.58. The molecule has 2 aromatic rings. The summed E-state index contributed by atoms with van der Waals surface area (Å²) in [7, 11) is 0. The molecule has 100 valence electrons. The van der Waals surface area contributed by atoms with Gasteiger partial charge in [-0.05, 0) is 24.6 Å². The van der Waals surface area contributed by atoms with Gasteiger partial charge in [0, 0.05) is 17.6 Å². The number of rotatable bonds is 5. The van der Waals surface area contributed by atoms with Gasteiger partial charge >= 0.3 is 0 Å². The molecule has 0 aliphatic heterocycles. The Hall–Kier alpha value is -2.08. The second-order valence-electron chi connectivity index (χ2n) is 4.34.